The lowest BCUT2D eigenvalue weighted by molar-refractivity contribution is -0.140. The van der Waals surface area contributed by atoms with E-state index in [2.05, 4.69) is 5.32 Å². The molecule has 190 valence electrons. The van der Waals surface area contributed by atoms with Crippen molar-refractivity contribution >= 4 is 50.7 Å². The van der Waals surface area contributed by atoms with Crippen molar-refractivity contribution in [3.63, 3.8) is 0 Å². The summed E-state index contributed by atoms with van der Waals surface area (Å²) in [5.74, 6) is -0.106. The molecule has 1 heterocycles. The fourth-order valence-electron chi connectivity index (χ4n) is 3.72. The van der Waals surface area contributed by atoms with Crippen LogP contribution in [0, 0.1) is 0 Å². The maximum absolute atomic E-state index is 13.6. The first-order valence-electron chi connectivity index (χ1n) is 10.9. The van der Waals surface area contributed by atoms with Gasteiger partial charge in [0.15, 0.2) is 11.5 Å². The molecule has 0 bridgehead atoms. The molecule has 3 rings (SSSR count). The number of nitrogens with zero attached hydrogens (tertiary/aromatic N) is 2. The van der Waals surface area contributed by atoms with Crippen LogP contribution < -0.4 is 19.1 Å². The molecule has 0 aromatic heterocycles. The first-order valence-corrected chi connectivity index (χ1v) is 13.5. The molecule has 1 unspecified atom stereocenters. The molecule has 0 aliphatic carbocycles. The van der Waals surface area contributed by atoms with Gasteiger partial charge in [-0.05, 0) is 37.6 Å². The van der Waals surface area contributed by atoms with E-state index in [0.717, 1.165) is 10.6 Å². The standard InChI is InChI=1S/C23H27Cl2N3O6S/c1-4-19(23(30)26-5-2)27(12-16-17(24)7-6-8-18(16)25)22(29)13-28(35(3,31)32)15-9-10-20-21(11-15)34-14-33-20/h6-11,19H,4-5,12-14H2,1-3H3,(H,26,30). The zero-order valence-corrected chi connectivity index (χ0v) is 21.9. The van der Waals surface area contributed by atoms with Gasteiger partial charge in [-0.15, -0.1) is 0 Å². The Morgan fingerprint density at radius 1 is 1.09 bits per heavy atom. The summed E-state index contributed by atoms with van der Waals surface area (Å²) < 4.78 is 37.0. The first kappa shape index (κ1) is 26.9. The average Bonchev–Trinajstić information content (AvgIpc) is 3.26. The molecule has 0 spiro atoms. The maximum atomic E-state index is 13.6. The van der Waals surface area contributed by atoms with Crippen LogP contribution in [0.1, 0.15) is 25.8 Å². The van der Waals surface area contributed by atoms with Crippen molar-refractivity contribution in [2.45, 2.75) is 32.9 Å². The normalized spacial score (nSPS) is 13.3. The molecule has 2 amide bonds. The van der Waals surface area contributed by atoms with Crippen LogP contribution in [0.15, 0.2) is 36.4 Å². The summed E-state index contributed by atoms with van der Waals surface area (Å²) >= 11 is 12.7. The van der Waals surface area contributed by atoms with Gasteiger partial charge in [-0.3, -0.25) is 13.9 Å². The molecule has 1 aliphatic heterocycles. The second kappa shape index (κ2) is 11.4. The summed E-state index contributed by atoms with van der Waals surface area (Å²) in [6.45, 7) is 3.31. The van der Waals surface area contributed by atoms with Crippen LogP contribution in [0.3, 0.4) is 0 Å². The Balaban J connectivity index is 1.99. The van der Waals surface area contributed by atoms with Gasteiger partial charge in [0.2, 0.25) is 28.6 Å². The van der Waals surface area contributed by atoms with Crippen LogP contribution in [-0.4, -0.2) is 57.3 Å². The highest BCUT2D eigenvalue weighted by Crippen LogP contribution is 2.36. The number of sulfonamides is 1. The number of anilines is 1. The number of halogens is 2. The zero-order chi connectivity index (χ0) is 25.8. The Bertz CT molecular complexity index is 1190. The maximum Gasteiger partial charge on any atom is 0.244 e. The van der Waals surface area contributed by atoms with Crippen LogP contribution in [0.2, 0.25) is 10.0 Å². The molecular formula is C23H27Cl2N3O6S. The van der Waals surface area contributed by atoms with Gasteiger partial charge in [0, 0.05) is 34.8 Å². The van der Waals surface area contributed by atoms with Gasteiger partial charge in [-0.2, -0.15) is 0 Å². The number of rotatable bonds is 10. The van der Waals surface area contributed by atoms with E-state index in [9.17, 15) is 18.0 Å². The van der Waals surface area contributed by atoms with Gasteiger partial charge in [0.1, 0.15) is 12.6 Å². The summed E-state index contributed by atoms with van der Waals surface area (Å²) in [6, 6.07) is 8.66. The van der Waals surface area contributed by atoms with E-state index in [1.165, 1.54) is 17.0 Å². The fraction of sp³-hybridized carbons (Fsp3) is 0.391. The minimum absolute atomic E-state index is 0.0215. The molecule has 0 fully saturated rings. The quantitative estimate of drug-likeness (QED) is 0.492. The van der Waals surface area contributed by atoms with Crippen molar-refractivity contribution in [2.75, 3.05) is 30.4 Å². The van der Waals surface area contributed by atoms with Crippen LogP contribution in [0.25, 0.3) is 0 Å². The van der Waals surface area contributed by atoms with Crippen molar-refractivity contribution in [1.29, 1.82) is 0 Å². The number of carbonyl (C=O) groups is 2. The summed E-state index contributed by atoms with van der Waals surface area (Å²) in [5.41, 5.74) is 0.688. The highest BCUT2D eigenvalue weighted by Gasteiger charge is 2.32. The predicted molar refractivity (Wildman–Crippen MR) is 135 cm³/mol. The second-order valence-electron chi connectivity index (χ2n) is 7.85. The minimum atomic E-state index is -3.88. The third-order valence-corrected chi connectivity index (χ3v) is 7.30. The fourth-order valence-corrected chi connectivity index (χ4v) is 5.08. The van der Waals surface area contributed by atoms with E-state index in [-0.39, 0.29) is 24.9 Å². The summed E-state index contributed by atoms with van der Waals surface area (Å²) in [5, 5.41) is 3.39. The monoisotopic (exact) mass is 543 g/mol. The number of nitrogens with one attached hydrogen (secondary N) is 1. The molecule has 1 atom stereocenters. The molecule has 2 aromatic carbocycles. The zero-order valence-electron chi connectivity index (χ0n) is 19.6. The number of carbonyl (C=O) groups excluding carboxylic acids is 2. The Morgan fingerprint density at radius 2 is 1.74 bits per heavy atom. The average molecular weight is 544 g/mol. The van der Waals surface area contributed by atoms with Gasteiger partial charge >= 0.3 is 0 Å². The number of hydrogen-bond donors (Lipinski definition) is 1. The van der Waals surface area contributed by atoms with Crippen LogP contribution >= 0.6 is 23.2 Å². The molecule has 2 aromatic rings. The van der Waals surface area contributed by atoms with E-state index >= 15 is 0 Å². The SMILES string of the molecule is CCNC(=O)C(CC)N(Cc1c(Cl)cccc1Cl)C(=O)CN(c1ccc2c(c1)OCO2)S(C)(=O)=O. The number of fused-ring (bicyclic) bond motifs is 1. The number of benzene rings is 2. The second-order valence-corrected chi connectivity index (χ2v) is 10.6. The Labute approximate surface area is 214 Å². The number of likely N-dealkylation sites (N-methyl/N-ethyl adjacent to an activating group) is 1. The number of ether oxygens (including phenoxy) is 2. The smallest absolute Gasteiger partial charge is 0.244 e. The van der Waals surface area contributed by atoms with E-state index < -0.39 is 28.5 Å². The highest BCUT2D eigenvalue weighted by molar-refractivity contribution is 7.92. The third kappa shape index (κ3) is 6.31. The lowest BCUT2D eigenvalue weighted by atomic mass is 10.1. The molecule has 35 heavy (non-hydrogen) atoms. The Morgan fingerprint density at radius 3 is 2.34 bits per heavy atom. The predicted octanol–water partition coefficient (Wildman–Crippen LogP) is 3.43. The largest absolute Gasteiger partial charge is 0.454 e. The van der Waals surface area contributed by atoms with Crippen LogP contribution in [-0.2, 0) is 26.2 Å². The molecule has 0 saturated carbocycles. The van der Waals surface area contributed by atoms with E-state index in [4.69, 9.17) is 32.7 Å². The molecule has 0 saturated heterocycles. The Kier molecular flexibility index (Phi) is 8.74. The van der Waals surface area contributed by atoms with Gasteiger partial charge in [0.25, 0.3) is 0 Å². The lowest BCUT2D eigenvalue weighted by Crippen LogP contribution is -2.52. The van der Waals surface area contributed by atoms with Gasteiger partial charge < -0.3 is 19.7 Å². The molecule has 9 nitrogen and oxygen atoms in total. The van der Waals surface area contributed by atoms with Crippen molar-refractivity contribution in [3.8, 4) is 11.5 Å². The topological polar surface area (TPSA) is 105 Å². The van der Waals surface area contributed by atoms with Crippen molar-refractivity contribution < 1.29 is 27.5 Å². The van der Waals surface area contributed by atoms with Crippen molar-refractivity contribution in [1.82, 2.24) is 10.2 Å². The highest BCUT2D eigenvalue weighted by atomic mass is 35.5. The van der Waals surface area contributed by atoms with Crippen LogP contribution in [0.4, 0.5) is 5.69 Å². The van der Waals surface area contributed by atoms with E-state index in [1.54, 1.807) is 38.1 Å². The molecule has 0 radical (unpaired) electrons. The Hall–Kier alpha value is -2.69. The lowest BCUT2D eigenvalue weighted by Gasteiger charge is -2.33. The number of amides is 2. The van der Waals surface area contributed by atoms with E-state index in [0.29, 0.717) is 40.1 Å². The molecular weight excluding hydrogens is 517 g/mol. The first-order chi connectivity index (χ1) is 16.6. The van der Waals surface area contributed by atoms with Gasteiger partial charge in [-0.1, -0.05) is 36.2 Å². The van der Waals surface area contributed by atoms with Crippen molar-refractivity contribution in [2.24, 2.45) is 0 Å². The molecule has 12 heteroatoms. The van der Waals surface area contributed by atoms with Gasteiger partial charge in [-0.25, -0.2) is 8.42 Å². The summed E-state index contributed by atoms with van der Waals surface area (Å²) in [7, 11) is -3.88. The number of hydrogen-bond acceptors (Lipinski definition) is 6. The summed E-state index contributed by atoms with van der Waals surface area (Å²) in [6.07, 6.45) is 1.30. The van der Waals surface area contributed by atoms with Gasteiger partial charge in [0.05, 0.1) is 11.9 Å². The third-order valence-electron chi connectivity index (χ3n) is 5.45. The minimum Gasteiger partial charge on any atom is -0.454 e. The molecule has 1 N–H and O–H groups in total. The van der Waals surface area contributed by atoms with E-state index in [1.807, 2.05) is 0 Å². The summed E-state index contributed by atoms with van der Waals surface area (Å²) in [4.78, 5) is 27.8. The van der Waals surface area contributed by atoms with Crippen LogP contribution in [0.5, 0.6) is 11.5 Å². The molecule has 1 aliphatic rings. The van der Waals surface area contributed by atoms with Crippen molar-refractivity contribution in [3.05, 3.63) is 52.0 Å².